The summed E-state index contributed by atoms with van der Waals surface area (Å²) in [6.45, 7) is 3.18. The first kappa shape index (κ1) is 19.1. The van der Waals surface area contributed by atoms with Crippen molar-refractivity contribution in [2.24, 2.45) is 7.05 Å². The Hall–Kier alpha value is -2.20. The average molecular weight is 407 g/mol. The van der Waals surface area contributed by atoms with Gasteiger partial charge in [-0.1, -0.05) is 5.16 Å². The molecule has 0 spiro atoms. The van der Waals surface area contributed by atoms with E-state index in [1.807, 2.05) is 0 Å². The van der Waals surface area contributed by atoms with Gasteiger partial charge in [-0.05, 0) is 32.6 Å². The van der Waals surface area contributed by atoms with Crippen molar-refractivity contribution in [1.29, 1.82) is 0 Å². The molecule has 0 atom stereocenters. The van der Waals surface area contributed by atoms with Crippen LogP contribution < -0.4 is 0 Å². The van der Waals surface area contributed by atoms with E-state index in [2.05, 4.69) is 10.1 Å². The van der Waals surface area contributed by atoms with E-state index in [0.717, 1.165) is 37.0 Å². The van der Waals surface area contributed by atoms with Crippen LogP contribution in [-0.2, 0) is 29.9 Å². The van der Waals surface area contributed by atoms with Crippen molar-refractivity contribution in [1.82, 2.24) is 23.9 Å². The summed E-state index contributed by atoms with van der Waals surface area (Å²) >= 11 is 0. The molecule has 0 unspecified atom stereocenters. The fourth-order valence-electron chi connectivity index (χ4n) is 3.82. The third kappa shape index (κ3) is 3.35. The highest BCUT2D eigenvalue weighted by Crippen LogP contribution is 2.25. The highest BCUT2D eigenvalue weighted by Gasteiger charge is 2.32. The number of sulfonamides is 1. The quantitative estimate of drug-likeness (QED) is 0.756. The smallest absolute Gasteiger partial charge is 0.276 e. The van der Waals surface area contributed by atoms with Crippen LogP contribution in [0.3, 0.4) is 0 Å². The van der Waals surface area contributed by atoms with Gasteiger partial charge in [0.2, 0.25) is 0 Å². The van der Waals surface area contributed by atoms with Gasteiger partial charge in [0.1, 0.15) is 11.6 Å². The normalized spacial score (nSPS) is 18.7. The van der Waals surface area contributed by atoms with Gasteiger partial charge in [0, 0.05) is 51.4 Å². The lowest BCUT2D eigenvalue weighted by Gasteiger charge is -2.21. The molecule has 0 bridgehead atoms. The fraction of sp³-hybridized carbons (Fsp3) is 0.611. The molecule has 1 aliphatic carbocycles. The first-order chi connectivity index (χ1) is 13.4. The lowest BCUT2D eigenvalue weighted by molar-refractivity contribution is 0.0753. The second kappa shape index (κ2) is 7.32. The van der Waals surface area contributed by atoms with E-state index in [1.54, 1.807) is 23.4 Å². The first-order valence-electron chi connectivity index (χ1n) is 9.64. The predicted molar refractivity (Wildman–Crippen MR) is 100 cm³/mol. The molecule has 10 heteroatoms. The van der Waals surface area contributed by atoms with Crippen LogP contribution in [0, 0.1) is 6.92 Å². The Bertz CT molecular complexity index is 974. The SMILES string of the molecule is Cc1nc(S(=O)(=O)N2CCCN(C(=O)c3noc4c3CCCC4)CC2)cn1C. The largest absolute Gasteiger partial charge is 0.360 e. The van der Waals surface area contributed by atoms with E-state index >= 15 is 0 Å². The number of hydrogen-bond acceptors (Lipinski definition) is 6. The summed E-state index contributed by atoms with van der Waals surface area (Å²) in [5.41, 5.74) is 1.32. The highest BCUT2D eigenvalue weighted by atomic mass is 32.2. The molecule has 2 aliphatic rings. The molecule has 152 valence electrons. The van der Waals surface area contributed by atoms with Gasteiger partial charge in [0.05, 0.1) is 0 Å². The molecule has 1 saturated heterocycles. The van der Waals surface area contributed by atoms with E-state index < -0.39 is 10.0 Å². The lowest BCUT2D eigenvalue weighted by atomic mass is 9.96. The van der Waals surface area contributed by atoms with Crippen LogP contribution in [0.4, 0.5) is 0 Å². The topological polar surface area (TPSA) is 102 Å². The number of fused-ring (bicyclic) bond motifs is 1. The molecule has 4 rings (SSSR count). The monoisotopic (exact) mass is 407 g/mol. The summed E-state index contributed by atoms with van der Waals surface area (Å²) in [5, 5.41) is 4.07. The number of carbonyl (C=O) groups is 1. The molecule has 2 aromatic heterocycles. The second-order valence-corrected chi connectivity index (χ2v) is 9.31. The van der Waals surface area contributed by atoms with E-state index in [9.17, 15) is 13.2 Å². The maximum atomic E-state index is 13.0. The number of nitrogens with zero attached hydrogens (tertiary/aromatic N) is 5. The molecule has 0 aromatic carbocycles. The molecule has 1 amide bonds. The number of aromatic nitrogens is 3. The zero-order valence-electron chi connectivity index (χ0n) is 16.2. The number of aryl methyl sites for hydroxylation is 3. The van der Waals surface area contributed by atoms with Crippen molar-refractivity contribution in [2.45, 2.75) is 44.1 Å². The standard InChI is InChI=1S/C18H25N5O4S/c1-13-19-16(12-21(13)2)28(25,26)23-9-5-8-22(10-11-23)18(24)17-14-6-3-4-7-15(14)27-20-17/h12H,3-11H2,1-2H3. The van der Waals surface area contributed by atoms with Crippen LogP contribution in [0.5, 0.6) is 0 Å². The number of amides is 1. The second-order valence-electron chi connectivity index (χ2n) is 7.43. The molecule has 0 saturated carbocycles. The van der Waals surface area contributed by atoms with Crippen molar-refractivity contribution in [3.63, 3.8) is 0 Å². The third-order valence-corrected chi connectivity index (χ3v) is 7.36. The minimum atomic E-state index is -3.68. The molecule has 0 N–H and O–H groups in total. The van der Waals surface area contributed by atoms with E-state index in [0.29, 0.717) is 37.6 Å². The zero-order valence-corrected chi connectivity index (χ0v) is 17.0. The molecule has 9 nitrogen and oxygen atoms in total. The lowest BCUT2D eigenvalue weighted by Crippen LogP contribution is -2.38. The van der Waals surface area contributed by atoms with Crippen molar-refractivity contribution in [2.75, 3.05) is 26.2 Å². The van der Waals surface area contributed by atoms with E-state index in [-0.39, 0.29) is 17.5 Å². The molecular formula is C18H25N5O4S. The molecule has 2 aromatic rings. The van der Waals surface area contributed by atoms with Crippen molar-refractivity contribution in [3.8, 4) is 0 Å². The highest BCUT2D eigenvalue weighted by molar-refractivity contribution is 7.89. The van der Waals surface area contributed by atoms with Crippen LogP contribution in [0.15, 0.2) is 15.7 Å². The van der Waals surface area contributed by atoms with Crippen molar-refractivity contribution in [3.05, 3.63) is 29.0 Å². The van der Waals surface area contributed by atoms with Gasteiger partial charge in [-0.15, -0.1) is 0 Å². The first-order valence-corrected chi connectivity index (χ1v) is 11.1. The van der Waals surface area contributed by atoms with Gasteiger partial charge in [-0.25, -0.2) is 13.4 Å². The predicted octanol–water partition coefficient (Wildman–Crippen LogP) is 1.13. The van der Waals surface area contributed by atoms with Gasteiger partial charge in [0.25, 0.3) is 15.9 Å². The maximum Gasteiger partial charge on any atom is 0.276 e. The minimum Gasteiger partial charge on any atom is -0.360 e. The van der Waals surface area contributed by atoms with Gasteiger partial charge < -0.3 is 14.0 Å². The summed E-state index contributed by atoms with van der Waals surface area (Å²) in [6, 6.07) is 0. The van der Waals surface area contributed by atoms with Crippen LogP contribution in [0.1, 0.15) is 46.9 Å². The molecule has 0 radical (unpaired) electrons. The van der Waals surface area contributed by atoms with Gasteiger partial charge in [-0.2, -0.15) is 4.31 Å². The summed E-state index contributed by atoms with van der Waals surface area (Å²) < 4.78 is 34.3. The molecule has 1 aliphatic heterocycles. The third-order valence-electron chi connectivity index (χ3n) is 5.59. The fourth-order valence-corrected chi connectivity index (χ4v) is 5.32. The number of imidazole rings is 1. The van der Waals surface area contributed by atoms with Crippen molar-refractivity contribution >= 4 is 15.9 Å². The summed E-state index contributed by atoms with van der Waals surface area (Å²) in [5.74, 6) is 1.29. The van der Waals surface area contributed by atoms with Crippen LogP contribution in [0.2, 0.25) is 0 Å². The number of rotatable bonds is 3. The Labute approximate surface area is 164 Å². The summed E-state index contributed by atoms with van der Waals surface area (Å²) in [6.07, 6.45) is 5.82. The van der Waals surface area contributed by atoms with E-state index in [1.165, 1.54) is 10.5 Å². The van der Waals surface area contributed by atoms with Crippen LogP contribution >= 0.6 is 0 Å². The Morgan fingerprint density at radius 1 is 1.11 bits per heavy atom. The minimum absolute atomic E-state index is 0.0536. The summed E-state index contributed by atoms with van der Waals surface area (Å²) in [7, 11) is -1.91. The van der Waals surface area contributed by atoms with Crippen LogP contribution in [-0.4, -0.2) is 64.4 Å². The molecule has 1 fully saturated rings. The van der Waals surface area contributed by atoms with Gasteiger partial charge in [0.15, 0.2) is 10.7 Å². The average Bonchev–Trinajstić information content (AvgIpc) is 3.15. The molecule has 28 heavy (non-hydrogen) atoms. The maximum absolute atomic E-state index is 13.0. The Kier molecular flexibility index (Phi) is 5.00. The Balaban J connectivity index is 1.49. The van der Waals surface area contributed by atoms with Crippen LogP contribution in [0.25, 0.3) is 0 Å². The summed E-state index contributed by atoms with van der Waals surface area (Å²) in [4.78, 5) is 18.8. The van der Waals surface area contributed by atoms with Gasteiger partial charge in [-0.3, -0.25) is 4.79 Å². The molecular weight excluding hydrogens is 382 g/mol. The van der Waals surface area contributed by atoms with E-state index in [4.69, 9.17) is 4.52 Å². The Morgan fingerprint density at radius 3 is 2.64 bits per heavy atom. The Morgan fingerprint density at radius 2 is 1.89 bits per heavy atom. The number of carbonyl (C=O) groups excluding carboxylic acids is 1. The van der Waals surface area contributed by atoms with Crippen molar-refractivity contribution < 1.29 is 17.7 Å². The molecule has 3 heterocycles. The van der Waals surface area contributed by atoms with Gasteiger partial charge >= 0.3 is 0 Å². The zero-order chi connectivity index (χ0) is 19.9. The number of hydrogen-bond donors (Lipinski definition) is 0.